The fourth-order valence-electron chi connectivity index (χ4n) is 4.04. The maximum Gasteiger partial charge on any atom is 0.328 e. The van der Waals surface area contributed by atoms with Crippen molar-refractivity contribution in [3.8, 4) is 0 Å². The summed E-state index contributed by atoms with van der Waals surface area (Å²) in [6.45, 7) is 6.10. The molecular formula is C25H23ClN2O5S. The van der Waals surface area contributed by atoms with Crippen LogP contribution in [0, 0.1) is 0 Å². The first-order valence-electron chi connectivity index (χ1n) is 10.4. The number of carbonyl (C=O) groups is 2. The molecule has 9 heteroatoms. The van der Waals surface area contributed by atoms with Crippen molar-refractivity contribution < 1.29 is 23.1 Å². The van der Waals surface area contributed by atoms with Crippen LogP contribution in [0.2, 0.25) is 5.02 Å². The number of aliphatic carboxylic acids is 1. The quantitative estimate of drug-likeness (QED) is 0.439. The van der Waals surface area contributed by atoms with Crippen molar-refractivity contribution in [3.05, 3.63) is 88.4 Å². The molecular weight excluding hydrogens is 476 g/mol. The minimum Gasteiger partial charge on any atom is -0.480 e. The molecule has 1 atom stereocenters. The molecule has 34 heavy (non-hydrogen) atoms. The van der Waals surface area contributed by atoms with Crippen molar-refractivity contribution in [2.24, 2.45) is 0 Å². The Morgan fingerprint density at radius 1 is 1.00 bits per heavy atom. The minimum atomic E-state index is -3.95. The number of carboxylic acids is 1. The lowest BCUT2D eigenvalue weighted by molar-refractivity contribution is -0.145. The number of nitrogens with one attached hydrogen (secondary N) is 2. The molecule has 0 bridgehead atoms. The van der Waals surface area contributed by atoms with Gasteiger partial charge >= 0.3 is 5.97 Å². The number of benzene rings is 3. The lowest BCUT2D eigenvalue weighted by atomic mass is 9.75. The van der Waals surface area contributed by atoms with E-state index in [1.807, 2.05) is 20.8 Å². The van der Waals surface area contributed by atoms with Gasteiger partial charge in [-0.2, -0.15) is 0 Å². The lowest BCUT2D eigenvalue weighted by Gasteiger charge is -2.23. The van der Waals surface area contributed by atoms with Gasteiger partial charge in [0.1, 0.15) is 0 Å². The number of rotatable bonds is 5. The van der Waals surface area contributed by atoms with Crippen molar-refractivity contribution in [3.63, 3.8) is 0 Å². The molecule has 0 fully saturated rings. The van der Waals surface area contributed by atoms with Crippen molar-refractivity contribution in [1.82, 2.24) is 0 Å². The SMILES string of the molecule is CC(C)(C)c1ccc(S(=O)(=O)Nc2ccc3c(c2)C(C(=O)O)(c2ccc(Cl)cc2)C(=O)N3)cc1. The van der Waals surface area contributed by atoms with E-state index in [2.05, 4.69) is 10.0 Å². The molecule has 0 saturated carbocycles. The third-order valence-corrected chi connectivity index (χ3v) is 7.54. The standard InChI is InChI=1S/C25H23ClN2O5S/c1-24(2,3)15-6-11-19(12-7-15)34(32,33)28-18-10-13-21-20(14-18)25(23(30)31,22(29)27-21)16-4-8-17(26)9-5-16/h4-14,28H,1-3H3,(H,27,29)(H,30,31). The van der Waals surface area contributed by atoms with Gasteiger partial charge in [0.25, 0.3) is 15.9 Å². The number of carbonyl (C=O) groups excluding carboxylic acids is 1. The number of hydrogen-bond acceptors (Lipinski definition) is 4. The molecule has 0 aromatic heterocycles. The molecule has 0 radical (unpaired) electrons. The van der Waals surface area contributed by atoms with Crippen molar-refractivity contribution in [1.29, 1.82) is 0 Å². The van der Waals surface area contributed by atoms with Crippen LogP contribution >= 0.6 is 11.6 Å². The van der Waals surface area contributed by atoms with Gasteiger partial charge < -0.3 is 10.4 Å². The summed E-state index contributed by atoms with van der Waals surface area (Å²) in [6, 6.07) is 16.8. The molecule has 176 valence electrons. The van der Waals surface area contributed by atoms with Crippen LogP contribution in [0.5, 0.6) is 0 Å². The van der Waals surface area contributed by atoms with Crippen LogP contribution < -0.4 is 10.0 Å². The van der Waals surface area contributed by atoms with E-state index in [4.69, 9.17) is 11.6 Å². The van der Waals surface area contributed by atoms with Crippen molar-refractivity contribution in [2.75, 3.05) is 10.0 Å². The Kier molecular flexibility index (Phi) is 5.70. The van der Waals surface area contributed by atoms with Crippen LogP contribution in [-0.2, 0) is 30.4 Å². The number of fused-ring (bicyclic) bond motifs is 1. The molecule has 1 aliphatic heterocycles. The number of hydrogen-bond donors (Lipinski definition) is 3. The first-order chi connectivity index (χ1) is 15.9. The summed E-state index contributed by atoms with van der Waals surface area (Å²) < 4.78 is 28.5. The van der Waals surface area contributed by atoms with Gasteiger partial charge in [-0.3, -0.25) is 14.3 Å². The maximum absolute atomic E-state index is 13.0. The Morgan fingerprint density at radius 2 is 1.62 bits per heavy atom. The van der Waals surface area contributed by atoms with E-state index in [1.54, 1.807) is 12.1 Å². The highest BCUT2D eigenvalue weighted by molar-refractivity contribution is 7.92. The molecule has 1 aliphatic rings. The van der Waals surface area contributed by atoms with Crippen LogP contribution in [0.15, 0.2) is 71.6 Å². The third kappa shape index (κ3) is 3.93. The fraction of sp³-hybridized carbons (Fsp3) is 0.200. The van der Waals surface area contributed by atoms with Crippen LogP contribution in [0.4, 0.5) is 11.4 Å². The molecule has 4 rings (SSSR count). The fourth-order valence-corrected chi connectivity index (χ4v) is 5.21. The molecule has 0 spiro atoms. The average molecular weight is 499 g/mol. The topological polar surface area (TPSA) is 113 Å². The molecule has 1 heterocycles. The smallest absolute Gasteiger partial charge is 0.328 e. The van der Waals surface area contributed by atoms with Crippen LogP contribution in [-0.4, -0.2) is 25.4 Å². The Morgan fingerprint density at radius 3 is 2.18 bits per heavy atom. The van der Waals surface area contributed by atoms with E-state index in [9.17, 15) is 23.1 Å². The van der Waals surface area contributed by atoms with Gasteiger partial charge in [0, 0.05) is 22.0 Å². The molecule has 1 unspecified atom stereocenters. The Bertz CT molecular complexity index is 1390. The summed E-state index contributed by atoms with van der Waals surface area (Å²) in [5, 5.41) is 13.1. The van der Waals surface area contributed by atoms with Gasteiger partial charge in [-0.15, -0.1) is 0 Å². The van der Waals surface area contributed by atoms with E-state index >= 15 is 0 Å². The van der Waals surface area contributed by atoms with E-state index < -0.39 is 27.3 Å². The summed E-state index contributed by atoms with van der Waals surface area (Å²) in [4.78, 5) is 25.5. The maximum atomic E-state index is 13.0. The number of sulfonamides is 1. The summed E-state index contributed by atoms with van der Waals surface area (Å²) in [6.07, 6.45) is 0. The first-order valence-corrected chi connectivity index (χ1v) is 12.3. The number of anilines is 2. The molecule has 0 aliphatic carbocycles. The van der Waals surface area contributed by atoms with E-state index in [-0.39, 0.29) is 27.1 Å². The second kappa shape index (κ2) is 8.14. The van der Waals surface area contributed by atoms with Gasteiger partial charge in [0.05, 0.1) is 4.90 Å². The lowest BCUT2D eigenvalue weighted by Crippen LogP contribution is -2.43. The second-order valence-corrected chi connectivity index (χ2v) is 11.3. The normalized spacial score (nSPS) is 17.7. The molecule has 3 aromatic rings. The van der Waals surface area contributed by atoms with Crippen LogP contribution in [0.1, 0.15) is 37.5 Å². The van der Waals surface area contributed by atoms with Crippen LogP contribution in [0.25, 0.3) is 0 Å². The highest BCUT2D eigenvalue weighted by Crippen LogP contribution is 2.44. The third-order valence-electron chi connectivity index (χ3n) is 5.89. The highest BCUT2D eigenvalue weighted by atomic mass is 35.5. The zero-order valence-corrected chi connectivity index (χ0v) is 20.3. The monoisotopic (exact) mass is 498 g/mol. The molecule has 3 aromatic carbocycles. The molecule has 0 saturated heterocycles. The zero-order chi connectivity index (χ0) is 24.9. The second-order valence-electron chi connectivity index (χ2n) is 9.16. The highest BCUT2D eigenvalue weighted by Gasteiger charge is 2.55. The summed E-state index contributed by atoms with van der Waals surface area (Å²) in [5.74, 6) is -2.13. The Hall–Kier alpha value is -3.36. The van der Waals surface area contributed by atoms with E-state index in [0.29, 0.717) is 10.7 Å². The number of carboxylic acid groups (broad SMARTS) is 1. The minimum absolute atomic E-state index is 0.0670. The van der Waals surface area contributed by atoms with E-state index in [1.165, 1.54) is 54.6 Å². The predicted octanol–water partition coefficient (Wildman–Crippen LogP) is 4.76. The van der Waals surface area contributed by atoms with E-state index in [0.717, 1.165) is 5.56 Å². The number of halogens is 1. The molecule has 7 nitrogen and oxygen atoms in total. The van der Waals surface area contributed by atoms with Gasteiger partial charge in [-0.05, 0) is 59.0 Å². The number of amides is 1. The zero-order valence-electron chi connectivity index (χ0n) is 18.7. The van der Waals surface area contributed by atoms with Crippen molar-refractivity contribution in [2.45, 2.75) is 36.5 Å². The molecule has 1 amide bonds. The van der Waals surface area contributed by atoms with Gasteiger partial charge in [-0.25, -0.2) is 8.42 Å². The predicted molar refractivity (Wildman–Crippen MR) is 131 cm³/mol. The van der Waals surface area contributed by atoms with Gasteiger partial charge in [0.2, 0.25) is 0 Å². The largest absolute Gasteiger partial charge is 0.480 e. The molecule has 3 N–H and O–H groups in total. The first kappa shape index (κ1) is 23.8. The summed E-state index contributed by atoms with van der Waals surface area (Å²) in [5.41, 5.74) is -0.418. The van der Waals surface area contributed by atoms with Crippen molar-refractivity contribution >= 4 is 44.9 Å². The average Bonchev–Trinajstić information content (AvgIpc) is 3.05. The summed E-state index contributed by atoms with van der Waals surface area (Å²) >= 11 is 5.95. The Balaban J connectivity index is 1.75. The summed E-state index contributed by atoms with van der Waals surface area (Å²) in [7, 11) is -3.95. The van der Waals surface area contributed by atoms with Crippen LogP contribution in [0.3, 0.4) is 0 Å². The van der Waals surface area contributed by atoms with Gasteiger partial charge in [0.15, 0.2) is 5.41 Å². The van der Waals surface area contributed by atoms with Gasteiger partial charge in [-0.1, -0.05) is 56.6 Å². The Labute approximate surface area is 202 Å².